The Kier molecular flexibility index (Phi) is 7.82. The summed E-state index contributed by atoms with van der Waals surface area (Å²) in [7, 11) is 2.13. The highest BCUT2D eigenvalue weighted by Gasteiger charge is 2.16. The topological polar surface area (TPSA) is 45.2 Å². The van der Waals surface area contributed by atoms with Gasteiger partial charge in [-0.05, 0) is 31.2 Å². The molecule has 5 heteroatoms. The highest BCUT2D eigenvalue weighted by molar-refractivity contribution is 5.27. The number of β-amino-alcohol motifs (C(OH)–C–C–N with tert-alkyl or cyclic N) is 1. The number of hydrogen-bond acceptors (Lipinski definition) is 5. The molecule has 1 fully saturated rings. The van der Waals surface area contributed by atoms with Crippen LogP contribution >= 0.6 is 0 Å². The molecule has 1 aliphatic rings. The summed E-state index contributed by atoms with van der Waals surface area (Å²) in [4.78, 5) is 4.60. The third kappa shape index (κ3) is 6.87. The van der Waals surface area contributed by atoms with Crippen molar-refractivity contribution in [2.75, 3.05) is 59.6 Å². The molecule has 0 spiro atoms. The maximum Gasteiger partial charge on any atom is 0.119 e. The first-order valence-corrected chi connectivity index (χ1v) is 8.56. The molecule has 1 aromatic carbocycles. The average Bonchev–Trinajstić information content (AvgIpc) is 2.57. The van der Waals surface area contributed by atoms with E-state index in [4.69, 9.17) is 9.47 Å². The number of nitrogens with zero attached hydrogens (tertiary/aromatic N) is 2. The van der Waals surface area contributed by atoms with Crippen molar-refractivity contribution in [2.45, 2.75) is 19.4 Å². The fourth-order valence-corrected chi connectivity index (χ4v) is 2.64. The smallest absolute Gasteiger partial charge is 0.119 e. The largest absolute Gasteiger partial charge is 0.491 e. The number of aliphatic hydroxyl groups excluding tert-OH is 1. The van der Waals surface area contributed by atoms with E-state index in [1.54, 1.807) is 0 Å². The van der Waals surface area contributed by atoms with E-state index in [0.29, 0.717) is 26.4 Å². The highest BCUT2D eigenvalue weighted by Crippen LogP contribution is 2.12. The first kappa shape index (κ1) is 18.2. The van der Waals surface area contributed by atoms with Gasteiger partial charge in [0.05, 0.1) is 19.3 Å². The molecular weight excluding hydrogens is 292 g/mol. The lowest BCUT2D eigenvalue weighted by Gasteiger charge is -2.33. The van der Waals surface area contributed by atoms with Gasteiger partial charge < -0.3 is 19.5 Å². The summed E-state index contributed by atoms with van der Waals surface area (Å²) in [5.41, 5.74) is 1.31. The fraction of sp³-hybridized carbons (Fsp3) is 0.667. The number of rotatable bonds is 9. The van der Waals surface area contributed by atoms with Crippen molar-refractivity contribution in [1.82, 2.24) is 9.80 Å². The Balaban J connectivity index is 1.52. The number of likely N-dealkylation sites (N-methyl/N-ethyl adjacent to an activating group) is 1. The van der Waals surface area contributed by atoms with Gasteiger partial charge in [0.2, 0.25) is 0 Å². The molecule has 1 saturated heterocycles. The maximum absolute atomic E-state index is 10.0. The molecule has 1 heterocycles. The van der Waals surface area contributed by atoms with Crippen LogP contribution in [-0.2, 0) is 11.2 Å². The minimum Gasteiger partial charge on any atom is -0.491 e. The Hall–Kier alpha value is -1.14. The predicted octanol–water partition coefficient (Wildman–Crippen LogP) is 1.25. The molecule has 23 heavy (non-hydrogen) atoms. The first-order valence-electron chi connectivity index (χ1n) is 8.56. The molecule has 0 amide bonds. The summed E-state index contributed by atoms with van der Waals surface area (Å²) in [6.07, 6.45) is 0.608. The summed E-state index contributed by atoms with van der Waals surface area (Å²) < 4.78 is 11.1. The van der Waals surface area contributed by atoms with Crippen LogP contribution in [0.5, 0.6) is 5.75 Å². The van der Waals surface area contributed by atoms with Gasteiger partial charge in [0.15, 0.2) is 0 Å². The van der Waals surface area contributed by atoms with Crippen molar-refractivity contribution >= 4 is 0 Å². The van der Waals surface area contributed by atoms with Crippen molar-refractivity contribution in [2.24, 2.45) is 0 Å². The van der Waals surface area contributed by atoms with E-state index in [-0.39, 0.29) is 0 Å². The number of piperazine rings is 1. The zero-order valence-electron chi connectivity index (χ0n) is 14.4. The Labute approximate surface area is 139 Å². The van der Waals surface area contributed by atoms with Gasteiger partial charge >= 0.3 is 0 Å². The Morgan fingerprint density at radius 1 is 1.09 bits per heavy atom. The van der Waals surface area contributed by atoms with Crippen LogP contribution in [0.1, 0.15) is 12.5 Å². The second-order valence-electron chi connectivity index (χ2n) is 6.18. The van der Waals surface area contributed by atoms with Gasteiger partial charge in [-0.15, -0.1) is 0 Å². The zero-order valence-corrected chi connectivity index (χ0v) is 14.4. The minimum atomic E-state index is -0.428. The summed E-state index contributed by atoms with van der Waals surface area (Å²) >= 11 is 0. The second-order valence-corrected chi connectivity index (χ2v) is 6.18. The molecule has 130 valence electrons. The van der Waals surface area contributed by atoms with Gasteiger partial charge in [0, 0.05) is 32.7 Å². The second kappa shape index (κ2) is 9.88. The number of hydrogen-bond donors (Lipinski definition) is 1. The van der Waals surface area contributed by atoms with E-state index >= 15 is 0 Å². The summed E-state index contributed by atoms with van der Waals surface area (Å²) in [6.45, 7) is 8.36. The summed E-state index contributed by atoms with van der Waals surface area (Å²) in [5, 5.41) is 10.0. The van der Waals surface area contributed by atoms with E-state index in [1.165, 1.54) is 5.56 Å². The zero-order chi connectivity index (χ0) is 16.5. The SMILES string of the molecule is CCc1ccc(OCCOCC(O)CN2CCN(C)CC2)cc1. The minimum absolute atomic E-state index is 0.366. The van der Waals surface area contributed by atoms with Gasteiger partial charge in [-0.3, -0.25) is 4.90 Å². The fourth-order valence-electron chi connectivity index (χ4n) is 2.64. The van der Waals surface area contributed by atoms with Gasteiger partial charge in [-0.2, -0.15) is 0 Å². The van der Waals surface area contributed by atoms with E-state index in [2.05, 4.69) is 35.9 Å². The molecule has 0 radical (unpaired) electrons. The van der Waals surface area contributed by atoms with Crippen LogP contribution < -0.4 is 4.74 Å². The maximum atomic E-state index is 10.0. The van der Waals surface area contributed by atoms with E-state index in [9.17, 15) is 5.11 Å². The predicted molar refractivity (Wildman–Crippen MR) is 92.1 cm³/mol. The van der Waals surface area contributed by atoms with Gasteiger partial charge in [0.25, 0.3) is 0 Å². The molecule has 0 bridgehead atoms. The average molecular weight is 322 g/mol. The van der Waals surface area contributed by atoms with Gasteiger partial charge in [-0.25, -0.2) is 0 Å². The number of aliphatic hydroxyl groups is 1. The molecule has 2 rings (SSSR count). The van der Waals surface area contributed by atoms with E-state index in [1.807, 2.05) is 12.1 Å². The van der Waals surface area contributed by atoms with Crippen LogP contribution in [0, 0.1) is 0 Å². The van der Waals surface area contributed by atoms with Gasteiger partial charge in [0.1, 0.15) is 12.4 Å². The van der Waals surface area contributed by atoms with Crippen LogP contribution in [0.3, 0.4) is 0 Å². The van der Waals surface area contributed by atoms with Crippen molar-refractivity contribution in [3.63, 3.8) is 0 Å². The number of benzene rings is 1. The molecule has 1 aliphatic heterocycles. The Bertz CT molecular complexity index is 430. The van der Waals surface area contributed by atoms with Crippen LogP contribution in [0.4, 0.5) is 0 Å². The van der Waals surface area contributed by atoms with Crippen LogP contribution in [0.2, 0.25) is 0 Å². The molecule has 1 atom stereocenters. The lowest BCUT2D eigenvalue weighted by atomic mass is 10.2. The summed E-state index contributed by atoms with van der Waals surface area (Å²) in [6, 6.07) is 8.13. The normalized spacial score (nSPS) is 18.0. The van der Waals surface area contributed by atoms with E-state index < -0.39 is 6.10 Å². The number of aryl methyl sites for hydroxylation is 1. The molecule has 5 nitrogen and oxygen atoms in total. The lowest BCUT2D eigenvalue weighted by molar-refractivity contribution is 0.00149. The summed E-state index contributed by atoms with van der Waals surface area (Å²) in [5.74, 6) is 0.865. The third-order valence-electron chi connectivity index (χ3n) is 4.20. The molecule has 1 unspecified atom stereocenters. The molecule has 1 N–H and O–H groups in total. The van der Waals surface area contributed by atoms with E-state index in [0.717, 1.165) is 38.3 Å². The number of ether oxygens (including phenoxy) is 2. The molecule has 0 aromatic heterocycles. The van der Waals surface area contributed by atoms with Crippen LogP contribution in [0.25, 0.3) is 0 Å². The monoisotopic (exact) mass is 322 g/mol. The molecular formula is C18H30N2O3. The van der Waals surface area contributed by atoms with Crippen molar-refractivity contribution in [3.05, 3.63) is 29.8 Å². The first-order chi connectivity index (χ1) is 11.2. The molecule has 1 aromatic rings. The van der Waals surface area contributed by atoms with Crippen molar-refractivity contribution in [1.29, 1.82) is 0 Å². The third-order valence-corrected chi connectivity index (χ3v) is 4.20. The van der Waals surface area contributed by atoms with Crippen molar-refractivity contribution in [3.8, 4) is 5.75 Å². The quantitative estimate of drug-likeness (QED) is 0.693. The van der Waals surface area contributed by atoms with Crippen LogP contribution in [-0.4, -0.2) is 80.6 Å². The molecule has 0 aliphatic carbocycles. The Morgan fingerprint density at radius 2 is 1.78 bits per heavy atom. The highest BCUT2D eigenvalue weighted by atomic mass is 16.5. The standard InChI is InChI=1S/C18H30N2O3/c1-3-16-4-6-18(7-5-16)23-13-12-22-15-17(21)14-20-10-8-19(2)9-11-20/h4-7,17,21H,3,8-15H2,1-2H3. The molecule has 0 saturated carbocycles. The van der Waals surface area contributed by atoms with Crippen molar-refractivity contribution < 1.29 is 14.6 Å². The Morgan fingerprint density at radius 3 is 2.43 bits per heavy atom. The van der Waals surface area contributed by atoms with Crippen LogP contribution in [0.15, 0.2) is 24.3 Å². The lowest BCUT2D eigenvalue weighted by Crippen LogP contribution is -2.47. The van der Waals surface area contributed by atoms with Gasteiger partial charge in [-0.1, -0.05) is 19.1 Å².